The van der Waals surface area contributed by atoms with E-state index in [-0.39, 0.29) is 6.03 Å². The summed E-state index contributed by atoms with van der Waals surface area (Å²) in [7, 11) is 5.72. The van der Waals surface area contributed by atoms with Gasteiger partial charge >= 0.3 is 6.03 Å². The summed E-state index contributed by atoms with van der Waals surface area (Å²) in [6.07, 6.45) is 0. The van der Waals surface area contributed by atoms with Gasteiger partial charge in [0, 0.05) is 7.05 Å². The average molecular weight is 129 g/mol. The predicted molar refractivity (Wildman–Crippen MR) is 35.0 cm³/mol. The van der Waals surface area contributed by atoms with Crippen LogP contribution in [0.25, 0.3) is 0 Å². The van der Waals surface area contributed by atoms with Crippen molar-refractivity contribution in [1.29, 1.82) is 0 Å². The molecular formula is C6H13N2O+. The Labute approximate surface area is 55.4 Å². The van der Waals surface area contributed by atoms with Gasteiger partial charge in [-0.1, -0.05) is 0 Å². The fourth-order valence-electron chi connectivity index (χ4n) is 1.05. The predicted octanol–water partition coefficient (Wildman–Crippen LogP) is 0.128. The molecule has 1 rings (SSSR count). The number of carbonyl (C=O) groups is 1. The quantitative estimate of drug-likeness (QED) is 0.426. The van der Waals surface area contributed by atoms with Gasteiger partial charge in [-0.3, -0.25) is 4.90 Å². The standard InChI is InChI=1S/C6H13N2O/c1-7-4-5-8(2,3)6(7)9/h4-5H2,1-3H3/q+1. The number of quaternary nitrogens is 1. The van der Waals surface area contributed by atoms with E-state index in [1.54, 1.807) is 4.90 Å². The average Bonchev–Trinajstić information content (AvgIpc) is 1.97. The van der Waals surface area contributed by atoms with Crippen LogP contribution in [0, 0.1) is 0 Å². The number of rotatable bonds is 0. The van der Waals surface area contributed by atoms with Crippen molar-refractivity contribution in [1.82, 2.24) is 4.90 Å². The van der Waals surface area contributed by atoms with E-state index in [1.165, 1.54) is 0 Å². The summed E-state index contributed by atoms with van der Waals surface area (Å²) in [6.45, 7) is 1.83. The number of urea groups is 1. The summed E-state index contributed by atoms with van der Waals surface area (Å²) < 4.78 is 0.510. The zero-order valence-electron chi connectivity index (χ0n) is 6.22. The summed E-state index contributed by atoms with van der Waals surface area (Å²) in [5, 5.41) is 0. The first-order valence-corrected chi connectivity index (χ1v) is 3.13. The van der Waals surface area contributed by atoms with Gasteiger partial charge in [-0.15, -0.1) is 0 Å². The zero-order valence-corrected chi connectivity index (χ0v) is 6.22. The van der Waals surface area contributed by atoms with Gasteiger partial charge in [-0.2, -0.15) is 0 Å². The molecule has 0 aliphatic carbocycles. The largest absolute Gasteiger partial charge is 0.418 e. The Morgan fingerprint density at radius 1 is 1.56 bits per heavy atom. The van der Waals surface area contributed by atoms with Gasteiger partial charge < -0.3 is 0 Å². The van der Waals surface area contributed by atoms with Gasteiger partial charge in [0.25, 0.3) is 0 Å². The number of amides is 2. The van der Waals surface area contributed by atoms with Crippen LogP contribution in [0.15, 0.2) is 0 Å². The van der Waals surface area contributed by atoms with Crippen LogP contribution < -0.4 is 0 Å². The highest BCUT2D eigenvalue weighted by Gasteiger charge is 2.36. The van der Waals surface area contributed by atoms with Crippen molar-refractivity contribution in [2.45, 2.75) is 0 Å². The van der Waals surface area contributed by atoms with Crippen LogP contribution in [0.3, 0.4) is 0 Å². The van der Waals surface area contributed by atoms with E-state index in [2.05, 4.69) is 0 Å². The molecule has 1 aliphatic heterocycles. The highest BCUT2D eigenvalue weighted by molar-refractivity contribution is 5.68. The SMILES string of the molecule is CN1CC[N+](C)(C)C1=O. The smallest absolute Gasteiger partial charge is 0.290 e. The molecule has 0 spiro atoms. The third-order valence-corrected chi connectivity index (χ3v) is 1.84. The molecule has 1 heterocycles. The fourth-order valence-corrected chi connectivity index (χ4v) is 1.05. The fraction of sp³-hybridized carbons (Fsp3) is 0.833. The molecule has 52 valence electrons. The maximum Gasteiger partial charge on any atom is 0.418 e. The van der Waals surface area contributed by atoms with Crippen molar-refractivity contribution >= 4 is 6.03 Å². The molecule has 0 N–H and O–H groups in total. The summed E-state index contributed by atoms with van der Waals surface area (Å²) in [6, 6.07) is 0.218. The van der Waals surface area contributed by atoms with E-state index in [4.69, 9.17) is 0 Å². The van der Waals surface area contributed by atoms with E-state index >= 15 is 0 Å². The minimum atomic E-state index is 0.218. The second kappa shape index (κ2) is 1.70. The first-order chi connectivity index (χ1) is 4.04. The maximum absolute atomic E-state index is 11.1. The second-order valence-corrected chi connectivity index (χ2v) is 3.11. The summed E-state index contributed by atoms with van der Waals surface area (Å²) in [4.78, 5) is 12.9. The third-order valence-electron chi connectivity index (χ3n) is 1.84. The monoisotopic (exact) mass is 129 g/mol. The number of carbonyl (C=O) groups excluding carboxylic acids is 1. The van der Waals surface area contributed by atoms with Gasteiger partial charge in [0.1, 0.15) is 6.54 Å². The minimum Gasteiger partial charge on any atom is -0.290 e. The Kier molecular flexibility index (Phi) is 1.24. The summed E-state index contributed by atoms with van der Waals surface area (Å²) in [5.74, 6) is 0. The molecule has 3 heteroatoms. The van der Waals surface area contributed by atoms with Crippen LogP contribution >= 0.6 is 0 Å². The number of likely N-dealkylation sites (N-methyl/N-ethyl adjacent to an activating group) is 2. The van der Waals surface area contributed by atoms with Gasteiger partial charge in [0.05, 0.1) is 20.6 Å². The van der Waals surface area contributed by atoms with Crippen molar-refractivity contribution < 1.29 is 9.28 Å². The number of hydrogen-bond donors (Lipinski definition) is 0. The first kappa shape index (κ1) is 6.55. The molecule has 2 amide bonds. The minimum absolute atomic E-state index is 0.218. The van der Waals surface area contributed by atoms with Crippen LogP contribution in [0.2, 0.25) is 0 Å². The van der Waals surface area contributed by atoms with E-state index < -0.39 is 0 Å². The molecule has 0 radical (unpaired) electrons. The van der Waals surface area contributed by atoms with Crippen molar-refractivity contribution in [2.24, 2.45) is 0 Å². The molecule has 1 saturated heterocycles. The van der Waals surface area contributed by atoms with Crippen molar-refractivity contribution in [3.05, 3.63) is 0 Å². The molecule has 0 bridgehead atoms. The maximum atomic E-state index is 11.1. The highest BCUT2D eigenvalue weighted by atomic mass is 16.2. The summed E-state index contributed by atoms with van der Waals surface area (Å²) in [5.41, 5.74) is 0. The van der Waals surface area contributed by atoms with E-state index in [0.29, 0.717) is 4.48 Å². The molecule has 0 aromatic rings. The lowest BCUT2D eigenvalue weighted by molar-refractivity contribution is -0.799. The lowest BCUT2D eigenvalue weighted by Gasteiger charge is -2.18. The molecule has 1 aliphatic rings. The van der Waals surface area contributed by atoms with Crippen molar-refractivity contribution in [2.75, 3.05) is 34.2 Å². The Morgan fingerprint density at radius 3 is 2.22 bits per heavy atom. The Morgan fingerprint density at radius 2 is 2.11 bits per heavy atom. The number of nitrogens with zero attached hydrogens (tertiary/aromatic N) is 2. The van der Waals surface area contributed by atoms with Gasteiger partial charge in [-0.25, -0.2) is 9.28 Å². The van der Waals surface area contributed by atoms with E-state index in [1.807, 2.05) is 21.1 Å². The highest BCUT2D eigenvalue weighted by Crippen LogP contribution is 2.10. The summed E-state index contributed by atoms with van der Waals surface area (Å²) >= 11 is 0. The molecular weight excluding hydrogens is 116 g/mol. The van der Waals surface area contributed by atoms with E-state index in [0.717, 1.165) is 13.1 Å². The molecule has 0 atom stereocenters. The van der Waals surface area contributed by atoms with Crippen molar-refractivity contribution in [3.8, 4) is 0 Å². The Hall–Kier alpha value is -0.570. The van der Waals surface area contributed by atoms with Crippen LogP contribution in [0.1, 0.15) is 0 Å². The molecule has 0 unspecified atom stereocenters. The van der Waals surface area contributed by atoms with Gasteiger partial charge in [0.15, 0.2) is 0 Å². The van der Waals surface area contributed by atoms with E-state index in [9.17, 15) is 4.79 Å². The topological polar surface area (TPSA) is 20.3 Å². The van der Waals surface area contributed by atoms with Gasteiger partial charge in [-0.05, 0) is 0 Å². The molecule has 0 aromatic heterocycles. The van der Waals surface area contributed by atoms with Crippen LogP contribution in [0.5, 0.6) is 0 Å². The Bertz CT molecular complexity index is 142. The van der Waals surface area contributed by atoms with Crippen LogP contribution in [0.4, 0.5) is 4.79 Å². The second-order valence-electron chi connectivity index (χ2n) is 3.11. The molecule has 0 saturated carbocycles. The lowest BCUT2D eigenvalue weighted by Crippen LogP contribution is -2.42. The molecule has 1 fully saturated rings. The third kappa shape index (κ3) is 0.920. The van der Waals surface area contributed by atoms with Crippen molar-refractivity contribution in [3.63, 3.8) is 0 Å². The van der Waals surface area contributed by atoms with Crippen LogP contribution in [-0.2, 0) is 0 Å². The van der Waals surface area contributed by atoms with Gasteiger partial charge in [0.2, 0.25) is 0 Å². The first-order valence-electron chi connectivity index (χ1n) is 3.13. The number of hydrogen-bond acceptors (Lipinski definition) is 1. The molecule has 9 heavy (non-hydrogen) atoms. The molecule has 0 aromatic carbocycles. The normalized spacial score (nSPS) is 25.2. The lowest BCUT2D eigenvalue weighted by atomic mass is 10.6. The van der Waals surface area contributed by atoms with Crippen LogP contribution in [-0.4, -0.2) is 49.6 Å². The molecule has 3 nitrogen and oxygen atoms in total. The Balaban J connectivity index is 2.74. The zero-order chi connectivity index (χ0) is 7.07.